The molecule has 0 aliphatic heterocycles. The number of benzene rings is 1. The third-order valence-electron chi connectivity index (χ3n) is 4.39. The van der Waals surface area contributed by atoms with E-state index in [-0.39, 0.29) is 0 Å². The lowest BCUT2D eigenvalue weighted by Crippen LogP contribution is -2.28. The van der Waals surface area contributed by atoms with Crippen molar-refractivity contribution in [2.45, 2.75) is 57.6 Å². The fourth-order valence-corrected chi connectivity index (χ4v) is 2.72. The van der Waals surface area contributed by atoms with Crippen molar-refractivity contribution in [2.75, 3.05) is 13.7 Å². The lowest BCUT2D eigenvalue weighted by atomic mass is 9.95. The van der Waals surface area contributed by atoms with Crippen LogP contribution in [-0.2, 0) is 11.3 Å². The second-order valence-corrected chi connectivity index (χ2v) is 6.39. The van der Waals surface area contributed by atoms with Crippen LogP contribution in [0.3, 0.4) is 0 Å². The second kappa shape index (κ2) is 9.57. The molecule has 2 saturated carbocycles. The molecule has 0 heterocycles. The van der Waals surface area contributed by atoms with E-state index in [1.54, 1.807) is 12.1 Å². The molecule has 2 aliphatic rings. The molecule has 0 unspecified atom stereocenters. The summed E-state index contributed by atoms with van der Waals surface area (Å²) in [5, 5.41) is 4.45. The molecule has 122 valence electrons. The van der Waals surface area contributed by atoms with E-state index >= 15 is 0 Å². The summed E-state index contributed by atoms with van der Waals surface area (Å²) in [6.07, 6.45) is 8.85. The van der Waals surface area contributed by atoms with Crippen molar-refractivity contribution < 1.29 is 4.74 Å². The molecule has 0 bridgehead atoms. The summed E-state index contributed by atoms with van der Waals surface area (Å²) < 4.78 is 5.54. The number of rotatable bonds is 6. The van der Waals surface area contributed by atoms with Crippen LogP contribution in [0.4, 0.5) is 0 Å². The molecule has 0 spiro atoms. The monoisotopic (exact) mass is 304 g/mol. The summed E-state index contributed by atoms with van der Waals surface area (Å²) in [5.74, 6) is 0.869. The zero-order chi connectivity index (χ0) is 15.6. The van der Waals surface area contributed by atoms with Crippen molar-refractivity contribution in [2.24, 2.45) is 11.2 Å². The SMILES string of the molecule is CN(N=O)C1CCCCC1.c1ccc(COCC2CC2)cc1. The summed E-state index contributed by atoms with van der Waals surface area (Å²) in [6.45, 7) is 1.73. The fraction of sp³-hybridized carbons (Fsp3) is 0.667. The summed E-state index contributed by atoms with van der Waals surface area (Å²) in [5.41, 5.74) is 1.28. The molecule has 2 fully saturated rings. The molecule has 2 aliphatic carbocycles. The van der Waals surface area contributed by atoms with Gasteiger partial charge in [-0.2, -0.15) is 0 Å². The van der Waals surface area contributed by atoms with Gasteiger partial charge in [-0.25, -0.2) is 0 Å². The van der Waals surface area contributed by atoms with Gasteiger partial charge in [-0.05, 0) is 37.2 Å². The maximum Gasteiger partial charge on any atom is 0.0717 e. The minimum absolute atomic E-state index is 0.422. The Balaban J connectivity index is 0.000000164. The van der Waals surface area contributed by atoms with Gasteiger partial charge in [0, 0.05) is 19.7 Å². The minimum atomic E-state index is 0.422. The Morgan fingerprint density at radius 2 is 1.77 bits per heavy atom. The van der Waals surface area contributed by atoms with Gasteiger partial charge in [-0.3, -0.25) is 5.01 Å². The number of nitroso groups, excluding NO2 is 1. The van der Waals surface area contributed by atoms with Crippen LogP contribution in [-0.4, -0.2) is 24.7 Å². The van der Waals surface area contributed by atoms with Crippen LogP contribution in [0.5, 0.6) is 0 Å². The van der Waals surface area contributed by atoms with Crippen LogP contribution in [0.25, 0.3) is 0 Å². The van der Waals surface area contributed by atoms with E-state index in [1.165, 1.54) is 37.7 Å². The van der Waals surface area contributed by atoms with Gasteiger partial charge < -0.3 is 4.74 Å². The second-order valence-electron chi connectivity index (χ2n) is 6.39. The molecule has 0 amide bonds. The number of hydrogen-bond donors (Lipinski definition) is 0. The standard InChI is InChI=1S/C11H14O.C7H14N2O/c1-2-4-10(5-3-1)8-12-9-11-6-7-11;1-9(8-10)7-5-3-2-4-6-7/h1-5,11H,6-9H2;7H,2-6H2,1H3. The van der Waals surface area contributed by atoms with Gasteiger partial charge in [-0.1, -0.05) is 49.6 Å². The first-order chi connectivity index (χ1) is 10.8. The molecule has 1 aromatic carbocycles. The van der Waals surface area contributed by atoms with Crippen molar-refractivity contribution in [3.63, 3.8) is 0 Å². The maximum atomic E-state index is 10.1. The highest BCUT2D eigenvalue weighted by Gasteiger charge is 2.20. The van der Waals surface area contributed by atoms with Crippen LogP contribution in [0.15, 0.2) is 35.6 Å². The first-order valence-electron chi connectivity index (χ1n) is 8.47. The van der Waals surface area contributed by atoms with E-state index < -0.39 is 0 Å². The van der Waals surface area contributed by atoms with Gasteiger partial charge in [0.25, 0.3) is 0 Å². The van der Waals surface area contributed by atoms with Gasteiger partial charge in [0.15, 0.2) is 0 Å². The Labute approximate surface area is 133 Å². The van der Waals surface area contributed by atoms with Gasteiger partial charge in [0.05, 0.1) is 11.9 Å². The molecule has 1 aromatic rings. The van der Waals surface area contributed by atoms with Crippen molar-refractivity contribution in [3.8, 4) is 0 Å². The Morgan fingerprint density at radius 3 is 2.36 bits per heavy atom. The zero-order valence-electron chi connectivity index (χ0n) is 13.6. The molecule has 0 saturated heterocycles. The maximum absolute atomic E-state index is 10.1. The average molecular weight is 304 g/mol. The van der Waals surface area contributed by atoms with Crippen LogP contribution in [0.1, 0.15) is 50.5 Å². The Kier molecular flexibility index (Phi) is 7.37. The van der Waals surface area contributed by atoms with Crippen LogP contribution in [0.2, 0.25) is 0 Å². The molecule has 4 heteroatoms. The van der Waals surface area contributed by atoms with E-state index in [9.17, 15) is 4.91 Å². The van der Waals surface area contributed by atoms with E-state index in [0.717, 1.165) is 32.0 Å². The minimum Gasteiger partial charge on any atom is -0.376 e. The summed E-state index contributed by atoms with van der Waals surface area (Å²) in [4.78, 5) is 10.1. The largest absolute Gasteiger partial charge is 0.376 e. The first kappa shape index (κ1) is 16.9. The lowest BCUT2D eigenvalue weighted by molar-refractivity contribution is 0.111. The topological polar surface area (TPSA) is 41.9 Å². The molecule has 4 nitrogen and oxygen atoms in total. The molecule has 0 N–H and O–H groups in total. The third kappa shape index (κ3) is 6.56. The molecule has 3 rings (SSSR count). The van der Waals surface area contributed by atoms with Crippen LogP contribution in [0, 0.1) is 10.8 Å². The van der Waals surface area contributed by atoms with Crippen molar-refractivity contribution in [1.29, 1.82) is 0 Å². The molecule has 0 aromatic heterocycles. The highest BCUT2D eigenvalue weighted by Crippen LogP contribution is 2.29. The molecular weight excluding hydrogens is 276 g/mol. The van der Waals surface area contributed by atoms with E-state index in [4.69, 9.17) is 4.74 Å². The van der Waals surface area contributed by atoms with Crippen LogP contribution < -0.4 is 0 Å². The van der Waals surface area contributed by atoms with Gasteiger partial charge in [0.2, 0.25) is 0 Å². The predicted octanol–water partition coefficient (Wildman–Crippen LogP) is 4.55. The number of ether oxygens (including phenoxy) is 1. The summed E-state index contributed by atoms with van der Waals surface area (Å²) >= 11 is 0. The van der Waals surface area contributed by atoms with Crippen molar-refractivity contribution in [1.82, 2.24) is 5.01 Å². The third-order valence-corrected chi connectivity index (χ3v) is 4.39. The highest BCUT2D eigenvalue weighted by molar-refractivity contribution is 5.13. The fourth-order valence-electron chi connectivity index (χ4n) is 2.72. The first-order valence-corrected chi connectivity index (χ1v) is 8.47. The number of nitrogens with zero attached hydrogens (tertiary/aromatic N) is 2. The molecule has 0 atom stereocenters. The molecule has 0 radical (unpaired) electrons. The number of hydrogen-bond acceptors (Lipinski definition) is 3. The Bertz CT molecular complexity index is 414. The predicted molar refractivity (Wildman–Crippen MR) is 89.3 cm³/mol. The van der Waals surface area contributed by atoms with Gasteiger partial charge in [-0.15, -0.1) is 4.91 Å². The van der Waals surface area contributed by atoms with E-state index in [0.29, 0.717) is 6.04 Å². The normalized spacial score (nSPS) is 18.2. The average Bonchev–Trinajstić information content (AvgIpc) is 3.41. The molecular formula is C18H28N2O2. The van der Waals surface area contributed by atoms with Gasteiger partial charge >= 0.3 is 0 Å². The van der Waals surface area contributed by atoms with Crippen molar-refractivity contribution in [3.05, 3.63) is 40.8 Å². The molecule has 22 heavy (non-hydrogen) atoms. The van der Waals surface area contributed by atoms with E-state index in [1.807, 2.05) is 6.07 Å². The van der Waals surface area contributed by atoms with Gasteiger partial charge in [0.1, 0.15) is 0 Å². The summed E-state index contributed by atoms with van der Waals surface area (Å²) in [6, 6.07) is 10.8. The smallest absolute Gasteiger partial charge is 0.0717 e. The van der Waals surface area contributed by atoms with Crippen molar-refractivity contribution >= 4 is 0 Å². The van der Waals surface area contributed by atoms with E-state index in [2.05, 4.69) is 29.6 Å². The summed E-state index contributed by atoms with van der Waals surface area (Å²) in [7, 11) is 1.77. The Morgan fingerprint density at radius 1 is 1.09 bits per heavy atom. The van der Waals surface area contributed by atoms with Crippen LogP contribution >= 0.6 is 0 Å². The Hall–Kier alpha value is -1.42. The lowest BCUT2D eigenvalue weighted by Gasteiger charge is -2.25. The zero-order valence-corrected chi connectivity index (χ0v) is 13.6. The quantitative estimate of drug-likeness (QED) is 0.572. The highest BCUT2D eigenvalue weighted by atomic mass is 16.5.